The van der Waals surface area contributed by atoms with Gasteiger partial charge in [-0.15, -0.1) is 0 Å². The van der Waals surface area contributed by atoms with E-state index in [-0.39, 0.29) is 5.57 Å². The van der Waals surface area contributed by atoms with Crippen molar-refractivity contribution < 1.29 is 19.1 Å². The molecule has 7 heteroatoms. The Balaban J connectivity index is 1.62. The normalized spacial score (nSPS) is 15.0. The first kappa shape index (κ1) is 22.5. The van der Waals surface area contributed by atoms with Crippen molar-refractivity contribution in [2.75, 3.05) is 4.90 Å². The smallest absolute Gasteiger partial charge is 0.335 e. The summed E-state index contributed by atoms with van der Waals surface area (Å²) in [6, 6.07) is 21.2. The van der Waals surface area contributed by atoms with E-state index in [0.717, 1.165) is 26.9 Å². The predicted octanol–water partition coefficient (Wildman–Crippen LogP) is 5.26. The first-order valence-electron chi connectivity index (χ1n) is 10.4. The number of hydrogen-bond acceptors (Lipinski definition) is 4. The molecule has 1 fully saturated rings. The number of barbiturate groups is 1. The quantitative estimate of drug-likeness (QED) is 0.367. The van der Waals surface area contributed by atoms with Crippen LogP contribution in [0.25, 0.3) is 6.08 Å². The lowest BCUT2D eigenvalue weighted by molar-refractivity contribution is -0.122. The summed E-state index contributed by atoms with van der Waals surface area (Å²) in [5.74, 6) is -0.908. The van der Waals surface area contributed by atoms with Gasteiger partial charge in [-0.3, -0.25) is 14.9 Å². The van der Waals surface area contributed by atoms with Crippen LogP contribution in [-0.4, -0.2) is 17.8 Å². The van der Waals surface area contributed by atoms with Crippen molar-refractivity contribution in [3.63, 3.8) is 0 Å². The van der Waals surface area contributed by atoms with Gasteiger partial charge in [0.1, 0.15) is 17.9 Å². The minimum absolute atomic E-state index is 0.145. The Morgan fingerprint density at radius 3 is 2.27 bits per heavy atom. The van der Waals surface area contributed by atoms with E-state index in [4.69, 9.17) is 4.74 Å². The maximum atomic E-state index is 13.2. The van der Waals surface area contributed by atoms with Gasteiger partial charge in [-0.05, 0) is 54.0 Å². The SMILES string of the molecule is CCc1ccc(N2C(=O)NC(=O)/C(=C/c3ccccc3OCc3ccc(Br)cc3)C2=O)cc1. The van der Waals surface area contributed by atoms with Crippen molar-refractivity contribution in [3.05, 3.63) is 99.5 Å². The Morgan fingerprint density at radius 2 is 1.58 bits per heavy atom. The molecule has 0 atom stereocenters. The van der Waals surface area contributed by atoms with Gasteiger partial charge in [0.2, 0.25) is 0 Å². The highest BCUT2D eigenvalue weighted by Gasteiger charge is 2.36. The minimum atomic E-state index is -0.772. The van der Waals surface area contributed by atoms with Crippen molar-refractivity contribution in [1.82, 2.24) is 5.32 Å². The molecule has 0 saturated carbocycles. The van der Waals surface area contributed by atoms with Gasteiger partial charge in [-0.1, -0.05) is 65.3 Å². The number of imide groups is 2. The summed E-state index contributed by atoms with van der Waals surface area (Å²) in [5.41, 5.74) is 2.86. The molecule has 0 radical (unpaired) electrons. The van der Waals surface area contributed by atoms with Crippen LogP contribution in [0.3, 0.4) is 0 Å². The summed E-state index contributed by atoms with van der Waals surface area (Å²) in [7, 11) is 0. The molecule has 1 aliphatic rings. The third kappa shape index (κ3) is 5.04. The summed E-state index contributed by atoms with van der Waals surface area (Å²) in [6.07, 6.45) is 2.29. The number of anilines is 1. The van der Waals surface area contributed by atoms with Crippen LogP contribution in [0.4, 0.5) is 10.5 Å². The van der Waals surface area contributed by atoms with Gasteiger partial charge >= 0.3 is 6.03 Å². The zero-order valence-electron chi connectivity index (χ0n) is 17.9. The van der Waals surface area contributed by atoms with E-state index in [1.54, 1.807) is 30.3 Å². The molecule has 4 rings (SSSR count). The van der Waals surface area contributed by atoms with E-state index < -0.39 is 17.8 Å². The predicted molar refractivity (Wildman–Crippen MR) is 130 cm³/mol. The first-order valence-corrected chi connectivity index (χ1v) is 11.2. The maximum Gasteiger partial charge on any atom is 0.335 e. The number of carbonyl (C=O) groups excluding carboxylic acids is 3. The highest BCUT2D eigenvalue weighted by Crippen LogP contribution is 2.26. The highest BCUT2D eigenvalue weighted by atomic mass is 79.9. The second kappa shape index (κ2) is 9.83. The lowest BCUT2D eigenvalue weighted by Gasteiger charge is -2.26. The van der Waals surface area contributed by atoms with E-state index in [0.29, 0.717) is 23.6 Å². The molecule has 1 heterocycles. The van der Waals surface area contributed by atoms with Crippen LogP contribution in [0, 0.1) is 0 Å². The van der Waals surface area contributed by atoms with Crippen molar-refractivity contribution in [1.29, 1.82) is 0 Å². The Hall–Kier alpha value is -3.71. The van der Waals surface area contributed by atoms with Crippen molar-refractivity contribution in [3.8, 4) is 5.75 Å². The average Bonchev–Trinajstić information content (AvgIpc) is 2.82. The molecule has 33 heavy (non-hydrogen) atoms. The topological polar surface area (TPSA) is 75.7 Å². The number of ether oxygens (including phenoxy) is 1. The molecule has 0 unspecified atom stereocenters. The molecule has 0 aliphatic carbocycles. The minimum Gasteiger partial charge on any atom is -0.488 e. The fourth-order valence-corrected chi connectivity index (χ4v) is 3.67. The lowest BCUT2D eigenvalue weighted by Crippen LogP contribution is -2.54. The molecular formula is C26H21BrN2O4. The molecule has 1 N–H and O–H groups in total. The highest BCUT2D eigenvalue weighted by molar-refractivity contribution is 9.10. The number of carbonyl (C=O) groups is 3. The number of benzene rings is 3. The van der Waals surface area contributed by atoms with Crippen LogP contribution < -0.4 is 15.0 Å². The van der Waals surface area contributed by atoms with Crippen molar-refractivity contribution >= 4 is 45.5 Å². The molecule has 166 valence electrons. The number of urea groups is 1. The summed E-state index contributed by atoms with van der Waals surface area (Å²) in [5, 5.41) is 2.25. The van der Waals surface area contributed by atoms with Crippen LogP contribution in [-0.2, 0) is 22.6 Å². The maximum absolute atomic E-state index is 13.2. The van der Waals surface area contributed by atoms with E-state index in [9.17, 15) is 14.4 Å². The Labute approximate surface area is 200 Å². The van der Waals surface area contributed by atoms with Crippen molar-refractivity contribution in [2.24, 2.45) is 0 Å². The largest absolute Gasteiger partial charge is 0.488 e. The van der Waals surface area contributed by atoms with Crippen LogP contribution in [0.15, 0.2) is 82.8 Å². The second-order valence-electron chi connectivity index (χ2n) is 7.43. The number of aryl methyl sites for hydroxylation is 1. The zero-order chi connectivity index (χ0) is 23.4. The third-order valence-corrected chi connectivity index (χ3v) is 5.76. The second-order valence-corrected chi connectivity index (χ2v) is 8.35. The number of hydrogen-bond donors (Lipinski definition) is 1. The molecule has 3 aromatic carbocycles. The van der Waals surface area contributed by atoms with Gasteiger partial charge in [0.05, 0.1) is 5.69 Å². The van der Waals surface area contributed by atoms with E-state index in [2.05, 4.69) is 21.2 Å². The number of rotatable bonds is 6. The molecule has 6 nitrogen and oxygen atoms in total. The molecule has 1 saturated heterocycles. The van der Waals surface area contributed by atoms with Crippen LogP contribution >= 0.6 is 15.9 Å². The van der Waals surface area contributed by atoms with Crippen LogP contribution in [0.5, 0.6) is 5.75 Å². The standard InChI is InChI=1S/C26H21BrN2O4/c1-2-17-9-13-21(14-10-17)29-25(31)22(24(30)28-26(29)32)15-19-5-3-4-6-23(19)33-16-18-7-11-20(27)12-8-18/h3-15H,2,16H2,1H3,(H,28,30,32)/b22-15-. The fraction of sp³-hybridized carbons (Fsp3) is 0.115. The summed E-state index contributed by atoms with van der Waals surface area (Å²) in [4.78, 5) is 39.1. The molecular weight excluding hydrogens is 484 g/mol. The molecule has 4 amide bonds. The molecule has 1 aliphatic heterocycles. The number of para-hydroxylation sites is 1. The lowest BCUT2D eigenvalue weighted by atomic mass is 10.1. The summed E-state index contributed by atoms with van der Waals surface area (Å²) < 4.78 is 6.92. The van der Waals surface area contributed by atoms with Gasteiger partial charge < -0.3 is 4.74 Å². The summed E-state index contributed by atoms with van der Waals surface area (Å²) in [6.45, 7) is 2.34. The zero-order valence-corrected chi connectivity index (χ0v) is 19.5. The third-order valence-electron chi connectivity index (χ3n) is 5.23. The van der Waals surface area contributed by atoms with Gasteiger partial charge in [0.25, 0.3) is 11.8 Å². The van der Waals surface area contributed by atoms with Crippen molar-refractivity contribution in [2.45, 2.75) is 20.0 Å². The fourth-order valence-electron chi connectivity index (χ4n) is 3.40. The molecule has 3 aromatic rings. The van der Waals surface area contributed by atoms with Gasteiger partial charge in [-0.2, -0.15) is 0 Å². The Bertz CT molecular complexity index is 1230. The number of nitrogens with zero attached hydrogens (tertiary/aromatic N) is 1. The van der Waals surface area contributed by atoms with Crippen LogP contribution in [0.2, 0.25) is 0 Å². The van der Waals surface area contributed by atoms with E-state index in [1.165, 1.54) is 6.08 Å². The molecule has 0 spiro atoms. The monoisotopic (exact) mass is 504 g/mol. The number of halogens is 1. The van der Waals surface area contributed by atoms with Gasteiger partial charge in [0, 0.05) is 10.0 Å². The first-order chi connectivity index (χ1) is 16.0. The molecule has 0 bridgehead atoms. The Kier molecular flexibility index (Phi) is 6.70. The van der Waals surface area contributed by atoms with E-state index in [1.807, 2.05) is 49.4 Å². The number of nitrogens with one attached hydrogen (secondary N) is 1. The van der Waals surface area contributed by atoms with E-state index >= 15 is 0 Å². The summed E-state index contributed by atoms with van der Waals surface area (Å²) >= 11 is 3.41. The Morgan fingerprint density at radius 1 is 0.909 bits per heavy atom. The van der Waals surface area contributed by atoms with Gasteiger partial charge in [0.15, 0.2) is 0 Å². The van der Waals surface area contributed by atoms with Crippen LogP contribution in [0.1, 0.15) is 23.6 Å². The van der Waals surface area contributed by atoms with Gasteiger partial charge in [-0.25, -0.2) is 9.69 Å². The average molecular weight is 505 g/mol. The molecule has 0 aromatic heterocycles. The number of amides is 4.